The van der Waals surface area contributed by atoms with Crippen molar-refractivity contribution in [3.63, 3.8) is 0 Å². The number of nitrogens with zero attached hydrogens (tertiary/aromatic N) is 2. The number of aromatic nitrogens is 2. The molecule has 0 amide bonds. The zero-order valence-electron chi connectivity index (χ0n) is 15.3. The van der Waals surface area contributed by atoms with E-state index in [2.05, 4.69) is 26.1 Å². The first-order valence-electron chi connectivity index (χ1n) is 8.86. The van der Waals surface area contributed by atoms with E-state index in [1.54, 1.807) is 18.2 Å². The van der Waals surface area contributed by atoms with Crippen LogP contribution >= 0.6 is 15.9 Å². The Kier molecular flexibility index (Phi) is 5.46. The fraction of sp³-hybridized carbons (Fsp3) is 0.0909. The van der Waals surface area contributed by atoms with Crippen LogP contribution < -0.4 is 4.74 Å². The number of rotatable bonds is 5. The van der Waals surface area contributed by atoms with Crippen molar-refractivity contribution in [1.82, 2.24) is 10.2 Å². The van der Waals surface area contributed by atoms with Gasteiger partial charge in [0, 0.05) is 17.4 Å². The van der Waals surface area contributed by atoms with Crippen LogP contribution in [0.3, 0.4) is 0 Å². The second kappa shape index (κ2) is 8.20. The SMILES string of the molecule is N#Cc1cc(Oc2c(Br)ccc(Cc3n[nH]c4ccccc34)c2F)cc(C(F)F)c1. The quantitative estimate of drug-likeness (QED) is 0.354. The van der Waals surface area contributed by atoms with Crippen molar-refractivity contribution in [2.75, 3.05) is 0 Å². The van der Waals surface area contributed by atoms with Gasteiger partial charge in [-0.05, 0) is 51.8 Å². The van der Waals surface area contributed by atoms with Crippen LogP contribution in [-0.2, 0) is 6.42 Å². The number of benzene rings is 3. The number of alkyl halides is 2. The first-order chi connectivity index (χ1) is 14.5. The summed E-state index contributed by atoms with van der Waals surface area (Å²) in [6.07, 6.45) is -2.58. The molecule has 8 heteroatoms. The molecule has 3 aromatic carbocycles. The number of ether oxygens (including phenoxy) is 1. The van der Waals surface area contributed by atoms with Crippen molar-refractivity contribution in [2.24, 2.45) is 0 Å². The van der Waals surface area contributed by atoms with Crippen LogP contribution in [0.25, 0.3) is 10.9 Å². The van der Waals surface area contributed by atoms with Gasteiger partial charge in [-0.1, -0.05) is 24.3 Å². The highest BCUT2D eigenvalue weighted by Gasteiger charge is 2.18. The molecule has 1 aromatic heterocycles. The van der Waals surface area contributed by atoms with Crippen LogP contribution in [0.4, 0.5) is 13.2 Å². The molecule has 0 bridgehead atoms. The molecule has 1 heterocycles. The van der Waals surface area contributed by atoms with Gasteiger partial charge in [-0.3, -0.25) is 5.10 Å². The van der Waals surface area contributed by atoms with Gasteiger partial charge in [0.2, 0.25) is 0 Å². The van der Waals surface area contributed by atoms with Crippen molar-refractivity contribution in [3.8, 4) is 17.6 Å². The minimum Gasteiger partial charge on any atom is -0.453 e. The fourth-order valence-corrected chi connectivity index (χ4v) is 3.52. The summed E-state index contributed by atoms with van der Waals surface area (Å²) in [5.41, 5.74) is 1.47. The second-order valence-corrected chi connectivity index (χ2v) is 7.40. The molecular weight excluding hydrogens is 459 g/mol. The topological polar surface area (TPSA) is 61.7 Å². The molecule has 4 nitrogen and oxygen atoms in total. The van der Waals surface area contributed by atoms with E-state index in [1.807, 2.05) is 24.3 Å². The number of aromatic amines is 1. The maximum Gasteiger partial charge on any atom is 0.264 e. The van der Waals surface area contributed by atoms with E-state index in [9.17, 15) is 8.78 Å². The number of fused-ring (bicyclic) bond motifs is 1. The van der Waals surface area contributed by atoms with Crippen LogP contribution in [0, 0.1) is 17.1 Å². The summed E-state index contributed by atoms with van der Waals surface area (Å²) in [7, 11) is 0. The molecule has 0 saturated carbocycles. The Hall–Kier alpha value is -3.31. The van der Waals surface area contributed by atoms with Gasteiger partial charge in [0.25, 0.3) is 6.43 Å². The normalized spacial score (nSPS) is 11.1. The van der Waals surface area contributed by atoms with Crippen LogP contribution in [0.15, 0.2) is 59.1 Å². The molecule has 0 aliphatic heterocycles. The van der Waals surface area contributed by atoms with E-state index < -0.39 is 12.2 Å². The molecule has 0 atom stereocenters. The lowest BCUT2D eigenvalue weighted by molar-refractivity contribution is 0.151. The zero-order valence-corrected chi connectivity index (χ0v) is 16.9. The molecule has 1 N–H and O–H groups in total. The van der Waals surface area contributed by atoms with Crippen molar-refractivity contribution in [1.29, 1.82) is 5.26 Å². The maximum absolute atomic E-state index is 15.2. The van der Waals surface area contributed by atoms with Crippen molar-refractivity contribution in [3.05, 3.63) is 87.3 Å². The van der Waals surface area contributed by atoms with Gasteiger partial charge in [0.1, 0.15) is 5.75 Å². The van der Waals surface area contributed by atoms with Crippen LogP contribution in [0.2, 0.25) is 0 Å². The lowest BCUT2D eigenvalue weighted by Crippen LogP contribution is -1.99. The number of nitriles is 1. The van der Waals surface area contributed by atoms with E-state index in [4.69, 9.17) is 10.00 Å². The third-order valence-electron chi connectivity index (χ3n) is 4.57. The van der Waals surface area contributed by atoms with Gasteiger partial charge in [-0.15, -0.1) is 0 Å². The van der Waals surface area contributed by atoms with Gasteiger partial charge < -0.3 is 4.74 Å². The highest BCUT2D eigenvalue weighted by molar-refractivity contribution is 9.10. The number of H-pyrrole nitrogens is 1. The summed E-state index contributed by atoms with van der Waals surface area (Å²) in [5, 5.41) is 17.1. The lowest BCUT2D eigenvalue weighted by Gasteiger charge is -2.13. The maximum atomic E-state index is 15.2. The summed E-state index contributed by atoms with van der Waals surface area (Å²) in [4.78, 5) is 0. The number of nitrogens with one attached hydrogen (secondary N) is 1. The van der Waals surface area contributed by atoms with Gasteiger partial charge in [0.15, 0.2) is 11.6 Å². The van der Waals surface area contributed by atoms with Crippen LogP contribution in [0.1, 0.15) is 28.8 Å². The summed E-state index contributed by atoms with van der Waals surface area (Å²) in [6, 6.07) is 16.0. The molecule has 0 saturated heterocycles. The average Bonchev–Trinajstić information content (AvgIpc) is 3.15. The average molecular weight is 472 g/mol. The van der Waals surface area contributed by atoms with Crippen LogP contribution in [-0.4, -0.2) is 10.2 Å². The molecule has 0 radical (unpaired) electrons. The largest absolute Gasteiger partial charge is 0.453 e. The van der Waals surface area contributed by atoms with E-state index in [1.165, 1.54) is 6.07 Å². The van der Waals surface area contributed by atoms with Gasteiger partial charge in [0.05, 0.1) is 27.3 Å². The molecule has 0 aliphatic carbocycles. The minimum absolute atomic E-state index is 0.00141. The Morgan fingerprint density at radius 3 is 2.70 bits per heavy atom. The minimum atomic E-state index is -2.78. The Balaban J connectivity index is 1.70. The standard InChI is InChI=1S/C22H13BrF3N3O/c23-17-6-5-13(10-19-16-3-1-2-4-18(16)28-29-19)20(24)21(17)30-15-8-12(11-27)7-14(9-15)22(25)26/h1-9,22H,10H2,(H,28,29). The number of halogens is 4. The van der Waals surface area contributed by atoms with Crippen LogP contribution in [0.5, 0.6) is 11.5 Å². The zero-order chi connectivity index (χ0) is 21.3. The molecule has 0 unspecified atom stereocenters. The third-order valence-corrected chi connectivity index (χ3v) is 5.19. The van der Waals surface area contributed by atoms with Gasteiger partial charge in [-0.25, -0.2) is 13.2 Å². The lowest BCUT2D eigenvalue weighted by atomic mass is 10.1. The molecule has 0 spiro atoms. The summed E-state index contributed by atoms with van der Waals surface area (Å²) >= 11 is 3.24. The second-order valence-electron chi connectivity index (χ2n) is 6.55. The van der Waals surface area contributed by atoms with E-state index in [-0.39, 0.29) is 29.0 Å². The van der Waals surface area contributed by atoms with E-state index >= 15 is 4.39 Å². The number of hydrogen-bond acceptors (Lipinski definition) is 3. The third kappa shape index (κ3) is 3.89. The summed E-state index contributed by atoms with van der Waals surface area (Å²) in [6.45, 7) is 0. The molecule has 0 aliphatic rings. The van der Waals surface area contributed by atoms with Crippen molar-refractivity contribution in [2.45, 2.75) is 12.8 Å². The molecule has 4 aromatic rings. The molecule has 4 rings (SSSR count). The molecular formula is C22H13BrF3N3O. The smallest absolute Gasteiger partial charge is 0.264 e. The van der Waals surface area contributed by atoms with Gasteiger partial charge >= 0.3 is 0 Å². The van der Waals surface area contributed by atoms with E-state index in [0.29, 0.717) is 15.7 Å². The highest BCUT2D eigenvalue weighted by Crippen LogP contribution is 2.36. The Bertz CT molecular complexity index is 1280. The monoisotopic (exact) mass is 471 g/mol. The number of hydrogen-bond donors (Lipinski definition) is 1. The molecule has 150 valence electrons. The fourth-order valence-electron chi connectivity index (χ4n) is 3.13. The Labute approximate surface area is 178 Å². The van der Waals surface area contributed by atoms with Crippen molar-refractivity contribution < 1.29 is 17.9 Å². The predicted molar refractivity (Wildman–Crippen MR) is 109 cm³/mol. The summed E-state index contributed by atoms with van der Waals surface area (Å²) < 4.78 is 47.4. The predicted octanol–water partition coefficient (Wildman–Crippen LogP) is 6.66. The molecule has 30 heavy (non-hydrogen) atoms. The molecule has 0 fully saturated rings. The van der Waals surface area contributed by atoms with Gasteiger partial charge in [-0.2, -0.15) is 10.4 Å². The van der Waals surface area contributed by atoms with E-state index in [0.717, 1.165) is 23.0 Å². The van der Waals surface area contributed by atoms with Crippen molar-refractivity contribution >= 4 is 26.8 Å². The summed E-state index contributed by atoms with van der Waals surface area (Å²) in [5.74, 6) is -0.841. The number of para-hydroxylation sites is 1. The Morgan fingerprint density at radius 2 is 1.93 bits per heavy atom. The highest BCUT2D eigenvalue weighted by atomic mass is 79.9. The first kappa shape index (κ1) is 20.0. The Morgan fingerprint density at radius 1 is 1.13 bits per heavy atom. The first-order valence-corrected chi connectivity index (χ1v) is 9.65.